The van der Waals surface area contributed by atoms with Crippen LogP contribution in [0.3, 0.4) is 0 Å². The van der Waals surface area contributed by atoms with Gasteiger partial charge in [-0.1, -0.05) is 19.4 Å². The molecule has 108 valence electrons. The number of thiophene rings is 1. The van der Waals surface area contributed by atoms with Gasteiger partial charge in [0.15, 0.2) is 0 Å². The summed E-state index contributed by atoms with van der Waals surface area (Å²) in [6.07, 6.45) is 10.8. The van der Waals surface area contributed by atoms with Crippen molar-refractivity contribution in [3.63, 3.8) is 0 Å². The lowest BCUT2D eigenvalue weighted by atomic mass is 9.99. The third-order valence-corrected chi connectivity index (χ3v) is 4.65. The van der Waals surface area contributed by atoms with E-state index in [0.29, 0.717) is 0 Å². The highest BCUT2D eigenvalue weighted by Crippen LogP contribution is 2.29. The summed E-state index contributed by atoms with van der Waals surface area (Å²) in [5, 5.41) is 2.05. The van der Waals surface area contributed by atoms with Crippen molar-refractivity contribution < 1.29 is 4.79 Å². The Hall–Kier alpha value is -1.42. The SMILES string of the molecule is CCCC[C@]1(C)N=CC=CN1C(C=O)Cc1cccs1. The van der Waals surface area contributed by atoms with Crippen LogP contribution in [0.2, 0.25) is 0 Å². The van der Waals surface area contributed by atoms with Gasteiger partial charge in [-0.05, 0) is 37.3 Å². The summed E-state index contributed by atoms with van der Waals surface area (Å²) >= 11 is 1.70. The van der Waals surface area contributed by atoms with Crippen LogP contribution in [-0.2, 0) is 11.2 Å². The Kier molecular flexibility index (Phi) is 5.12. The monoisotopic (exact) mass is 290 g/mol. The Balaban J connectivity index is 2.15. The fraction of sp³-hybridized carbons (Fsp3) is 0.500. The Morgan fingerprint density at radius 2 is 2.40 bits per heavy atom. The van der Waals surface area contributed by atoms with E-state index < -0.39 is 0 Å². The number of aliphatic imine (C=N–C) groups is 1. The van der Waals surface area contributed by atoms with Crippen LogP contribution in [0, 0.1) is 0 Å². The first kappa shape index (κ1) is 15.0. The second-order valence-corrected chi connectivity index (χ2v) is 6.37. The van der Waals surface area contributed by atoms with Gasteiger partial charge in [0.05, 0.1) is 6.04 Å². The minimum Gasteiger partial charge on any atom is -0.344 e. The third kappa shape index (κ3) is 3.37. The standard InChI is InChI=1S/C16H22N2OS/c1-3-4-8-16(2)17-9-6-10-18(16)14(13-19)12-15-7-5-11-20-15/h5-7,9-11,13-14H,3-4,8,12H2,1-2H3/t14?,16-/m1/s1. The van der Waals surface area contributed by atoms with Crippen molar-refractivity contribution in [1.29, 1.82) is 0 Å². The normalized spacial score (nSPS) is 23.0. The van der Waals surface area contributed by atoms with Crippen molar-refractivity contribution >= 4 is 23.8 Å². The molecule has 0 radical (unpaired) electrons. The van der Waals surface area contributed by atoms with E-state index in [-0.39, 0.29) is 11.7 Å². The highest BCUT2D eigenvalue weighted by Gasteiger charge is 2.34. The molecule has 0 aliphatic carbocycles. The van der Waals surface area contributed by atoms with Crippen LogP contribution in [0.15, 0.2) is 34.8 Å². The van der Waals surface area contributed by atoms with Gasteiger partial charge in [0, 0.05) is 23.7 Å². The summed E-state index contributed by atoms with van der Waals surface area (Å²) in [6.45, 7) is 4.30. The predicted octanol–water partition coefficient (Wildman–Crippen LogP) is 3.66. The second-order valence-electron chi connectivity index (χ2n) is 5.33. The molecule has 0 aromatic carbocycles. The molecule has 0 spiro atoms. The minimum atomic E-state index is -0.298. The van der Waals surface area contributed by atoms with Gasteiger partial charge >= 0.3 is 0 Å². The van der Waals surface area contributed by atoms with Crippen LogP contribution < -0.4 is 0 Å². The van der Waals surface area contributed by atoms with Gasteiger partial charge in [0.25, 0.3) is 0 Å². The van der Waals surface area contributed by atoms with Gasteiger partial charge in [0.2, 0.25) is 0 Å². The average molecular weight is 290 g/mol. The number of hydrogen-bond donors (Lipinski definition) is 0. The first-order valence-electron chi connectivity index (χ1n) is 7.18. The fourth-order valence-electron chi connectivity index (χ4n) is 2.58. The molecular weight excluding hydrogens is 268 g/mol. The van der Waals surface area contributed by atoms with Crippen LogP contribution in [0.4, 0.5) is 0 Å². The highest BCUT2D eigenvalue weighted by molar-refractivity contribution is 7.09. The van der Waals surface area contributed by atoms with Crippen molar-refractivity contribution in [2.45, 2.75) is 51.2 Å². The number of nitrogens with zero attached hydrogens (tertiary/aromatic N) is 2. The molecule has 0 amide bonds. The molecule has 1 aliphatic rings. The lowest BCUT2D eigenvalue weighted by Crippen LogP contribution is -2.50. The lowest BCUT2D eigenvalue weighted by Gasteiger charge is -2.42. The van der Waals surface area contributed by atoms with Crippen LogP contribution in [0.25, 0.3) is 0 Å². The maximum absolute atomic E-state index is 11.6. The molecule has 0 bridgehead atoms. The first-order chi connectivity index (χ1) is 9.69. The second kappa shape index (κ2) is 6.84. The number of hydrogen-bond acceptors (Lipinski definition) is 4. The summed E-state index contributed by atoms with van der Waals surface area (Å²) in [7, 11) is 0. The molecule has 1 aliphatic heterocycles. The molecule has 0 saturated heterocycles. The smallest absolute Gasteiger partial charge is 0.142 e. The molecule has 0 fully saturated rings. The fourth-order valence-corrected chi connectivity index (χ4v) is 3.34. The van der Waals surface area contributed by atoms with Crippen LogP contribution in [-0.4, -0.2) is 29.1 Å². The van der Waals surface area contributed by atoms with Crippen molar-refractivity contribution in [1.82, 2.24) is 4.90 Å². The molecule has 2 atom stereocenters. The molecule has 1 aromatic rings. The van der Waals surface area contributed by atoms with Crippen molar-refractivity contribution in [2.75, 3.05) is 0 Å². The molecule has 4 heteroatoms. The molecule has 1 aromatic heterocycles. The van der Waals surface area contributed by atoms with Gasteiger partial charge in [-0.2, -0.15) is 0 Å². The topological polar surface area (TPSA) is 32.7 Å². The third-order valence-electron chi connectivity index (χ3n) is 3.75. The number of aldehydes is 1. The first-order valence-corrected chi connectivity index (χ1v) is 8.05. The molecule has 0 saturated carbocycles. The van der Waals surface area contributed by atoms with E-state index in [1.807, 2.05) is 24.6 Å². The molecule has 20 heavy (non-hydrogen) atoms. The summed E-state index contributed by atoms with van der Waals surface area (Å²) in [6, 6.07) is 3.97. The number of unbranched alkanes of at least 4 members (excludes halogenated alkanes) is 1. The maximum atomic E-state index is 11.6. The minimum absolute atomic E-state index is 0.149. The summed E-state index contributed by atoms with van der Waals surface area (Å²) in [5.41, 5.74) is -0.298. The van der Waals surface area contributed by atoms with Gasteiger partial charge in [-0.3, -0.25) is 4.99 Å². The van der Waals surface area contributed by atoms with Gasteiger partial charge < -0.3 is 9.69 Å². The number of rotatable bonds is 7. The van der Waals surface area contributed by atoms with Gasteiger partial charge in [0.1, 0.15) is 11.9 Å². The van der Waals surface area contributed by atoms with Crippen LogP contribution >= 0.6 is 11.3 Å². The Morgan fingerprint density at radius 1 is 1.55 bits per heavy atom. The van der Waals surface area contributed by atoms with E-state index in [9.17, 15) is 4.79 Å². The Morgan fingerprint density at radius 3 is 3.05 bits per heavy atom. The number of carbonyl (C=O) groups is 1. The highest BCUT2D eigenvalue weighted by atomic mass is 32.1. The maximum Gasteiger partial charge on any atom is 0.142 e. The zero-order chi connectivity index (χ0) is 14.4. The molecule has 1 unspecified atom stereocenters. The van der Waals surface area contributed by atoms with E-state index in [2.05, 4.69) is 35.2 Å². The average Bonchev–Trinajstić information content (AvgIpc) is 2.96. The number of allylic oxidation sites excluding steroid dienone is 1. The van der Waals surface area contributed by atoms with E-state index in [4.69, 9.17) is 0 Å². The van der Waals surface area contributed by atoms with Gasteiger partial charge in [-0.25, -0.2) is 0 Å². The predicted molar refractivity (Wildman–Crippen MR) is 85.3 cm³/mol. The van der Waals surface area contributed by atoms with E-state index in [1.165, 1.54) is 4.88 Å². The summed E-state index contributed by atoms with van der Waals surface area (Å²) in [5.74, 6) is 0. The summed E-state index contributed by atoms with van der Waals surface area (Å²) < 4.78 is 0. The molecule has 3 nitrogen and oxygen atoms in total. The summed E-state index contributed by atoms with van der Waals surface area (Å²) in [4.78, 5) is 19.6. The zero-order valence-corrected chi connectivity index (χ0v) is 13.0. The largest absolute Gasteiger partial charge is 0.344 e. The van der Waals surface area contributed by atoms with Crippen molar-refractivity contribution in [2.24, 2.45) is 4.99 Å². The number of carbonyl (C=O) groups excluding carboxylic acids is 1. The van der Waals surface area contributed by atoms with E-state index in [1.54, 1.807) is 11.3 Å². The van der Waals surface area contributed by atoms with E-state index in [0.717, 1.165) is 32.0 Å². The quantitative estimate of drug-likeness (QED) is 0.718. The van der Waals surface area contributed by atoms with E-state index >= 15 is 0 Å². The van der Waals surface area contributed by atoms with Gasteiger partial charge in [-0.15, -0.1) is 11.3 Å². The van der Waals surface area contributed by atoms with Crippen molar-refractivity contribution in [3.8, 4) is 0 Å². The Bertz CT molecular complexity index is 481. The molecule has 2 heterocycles. The lowest BCUT2D eigenvalue weighted by molar-refractivity contribution is -0.113. The van der Waals surface area contributed by atoms with Crippen LogP contribution in [0.5, 0.6) is 0 Å². The molecule has 2 rings (SSSR count). The zero-order valence-electron chi connectivity index (χ0n) is 12.2. The van der Waals surface area contributed by atoms with Crippen molar-refractivity contribution in [3.05, 3.63) is 34.7 Å². The molecule has 0 N–H and O–H groups in total. The van der Waals surface area contributed by atoms with Crippen LogP contribution in [0.1, 0.15) is 38.0 Å². The molecular formula is C16H22N2OS. The Labute approximate surface area is 125 Å².